The van der Waals surface area contributed by atoms with Gasteiger partial charge in [-0.25, -0.2) is 14.2 Å². The van der Waals surface area contributed by atoms with Gasteiger partial charge >= 0.3 is 5.97 Å². The average Bonchev–Trinajstić information content (AvgIpc) is 3.44. The number of thiazole rings is 1. The van der Waals surface area contributed by atoms with Crippen molar-refractivity contribution in [1.82, 2.24) is 14.8 Å². The SMILES string of the molecule is N[S+]([O-])c1ccc(Cc2c(-c3cccc4cc(F)ccc34)nn(-c3nc(C(=O)O)cs3)c2O)cc1. The second-order valence-electron chi connectivity index (χ2n) is 7.67. The lowest BCUT2D eigenvalue weighted by atomic mass is 9.97. The van der Waals surface area contributed by atoms with Crippen LogP contribution in [0.5, 0.6) is 5.88 Å². The monoisotopic (exact) mass is 508 g/mol. The highest BCUT2D eigenvalue weighted by Gasteiger charge is 2.24. The molecule has 0 bridgehead atoms. The van der Waals surface area contributed by atoms with Crippen LogP contribution < -0.4 is 5.14 Å². The van der Waals surface area contributed by atoms with Crippen molar-refractivity contribution < 1.29 is 24.0 Å². The molecule has 8 nitrogen and oxygen atoms in total. The first-order valence-electron chi connectivity index (χ1n) is 10.3. The Morgan fingerprint density at radius 1 is 1.17 bits per heavy atom. The largest absolute Gasteiger partial charge is 0.593 e. The molecule has 2 aromatic heterocycles. The summed E-state index contributed by atoms with van der Waals surface area (Å²) in [7, 11) is 0. The molecule has 176 valence electrons. The van der Waals surface area contributed by atoms with Crippen LogP contribution in [0.15, 0.2) is 70.9 Å². The second kappa shape index (κ2) is 9.12. The zero-order valence-electron chi connectivity index (χ0n) is 17.9. The second-order valence-corrected chi connectivity index (χ2v) is 9.57. The van der Waals surface area contributed by atoms with Crippen LogP contribution >= 0.6 is 11.3 Å². The van der Waals surface area contributed by atoms with E-state index in [-0.39, 0.29) is 28.9 Å². The highest BCUT2D eigenvalue weighted by atomic mass is 32.2. The van der Waals surface area contributed by atoms with Gasteiger partial charge in [-0.05, 0) is 40.6 Å². The summed E-state index contributed by atoms with van der Waals surface area (Å²) in [5, 5.41) is 33.4. The van der Waals surface area contributed by atoms with E-state index < -0.39 is 17.3 Å². The molecule has 0 saturated carbocycles. The van der Waals surface area contributed by atoms with Crippen molar-refractivity contribution in [3.8, 4) is 22.3 Å². The average molecular weight is 509 g/mol. The molecule has 0 aliphatic rings. The molecule has 3 aromatic carbocycles. The Morgan fingerprint density at radius 3 is 2.63 bits per heavy atom. The number of aromatic carboxylic acids is 1. The molecular formula is C24H17FN4O4S2. The Kier molecular flexibility index (Phi) is 5.99. The minimum atomic E-state index is -1.61. The van der Waals surface area contributed by atoms with Crippen molar-refractivity contribution in [2.75, 3.05) is 0 Å². The van der Waals surface area contributed by atoms with Gasteiger partial charge in [0.25, 0.3) is 0 Å². The van der Waals surface area contributed by atoms with Gasteiger partial charge in [-0.3, -0.25) is 0 Å². The van der Waals surface area contributed by atoms with Crippen molar-refractivity contribution in [3.63, 3.8) is 0 Å². The lowest BCUT2D eigenvalue weighted by molar-refractivity contribution is 0.0691. The molecule has 35 heavy (non-hydrogen) atoms. The molecule has 0 radical (unpaired) electrons. The summed E-state index contributed by atoms with van der Waals surface area (Å²) in [6, 6.07) is 16.6. The van der Waals surface area contributed by atoms with Crippen LogP contribution in [0.25, 0.3) is 27.2 Å². The lowest BCUT2D eigenvalue weighted by Gasteiger charge is -2.08. The summed E-state index contributed by atoms with van der Waals surface area (Å²) < 4.78 is 26.6. The molecule has 5 aromatic rings. The normalized spacial score (nSPS) is 12.2. The van der Waals surface area contributed by atoms with Gasteiger partial charge in [0.2, 0.25) is 11.0 Å². The van der Waals surface area contributed by atoms with Crippen LogP contribution in [0.1, 0.15) is 21.6 Å². The fourth-order valence-corrected chi connectivity index (χ4v) is 4.97. The molecule has 1 atom stereocenters. The van der Waals surface area contributed by atoms with Gasteiger partial charge in [-0.1, -0.05) is 36.4 Å². The molecule has 1 unspecified atom stereocenters. The Bertz CT molecular complexity index is 1560. The van der Waals surface area contributed by atoms with Crippen LogP contribution in [0, 0.1) is 5.82 Å². The molecule has 0 spiro atoms. The quantitative estimate of drug-likeness (QED) is 0.291. The summed E-state index contributed by atoms with van der Waals surface area (Å²) in [6.07, 6.45) is 0.257. The maximum atomic E-state index is 13.8. The minimum absolute atomic E-state index is 0.158. The number of hydrogen-bond acceptors (Lipinski definition) is 7. The maximum Gasteiger partial charge on any atom is 0.355 e. The number of nitrogens with zero attached hydrogens (tertiary/aromatic N) is 3. The number of benzene rings is 3. The topological polar surface area (TPSA) is 137 Å². The van der Waals surface area contributed by atoms with E-state index in [4.69, 9.17) is 5.14 Å². The van der Waals surface area contributed by atoms with E-state index in [1.807, 2.05) is 6.07 Å². The maximum absolute atomic E-state index is 13.8. The number of carbonyl (C=O) groups is 1. The first-order chi connectivity index (χ1) is 16.8. The smallest absolute Gasteiger partial charge is 0.355 e. The van der Waals surface area contributed by atoms with E-state index in [2.05, 4.69) is 10.1 Å². The molecular weight excluding hydrogens is 491 g/mol. The summed E-state index contributed by atoms with van der Waals surface area (Å²) in [5.41, 5.74) is 2.22. The van der Waals surface area contributed by atoms with E-state index in [1.165, 1.54) is 22.2 Å². The molecule has 0 fully saturated rings. The molecule has 11 heteroatoms. The number of aromatic nitrogens is 3. The van der Waals surface area contributed by atoms with Crippen LogP contribution in [0.2, 0.25) is 0 Å². The van der Waals surface area contributed by atoms with Crippen LogP contribution in [0.3, 0.4) is 0 Å². The molecule has 0 amide bonds. The van der Waals surface area contributed by atoms with E-state index in [9.17, 15) is 24.0 Å². The van der Waals surface area contributed by atoms with Crippen molar-refractivity contribution in [2.24, 2.45) is 5.14 Å². The van der Waals surface area contributed by atoms with Gasteiger partial charge in [0, 0.05) is 22.9 Å². The zero-order chi connectivity index (χ0) is 24.7. The molecule has 0 aliphatic carbocycles. The predicted octanol–water partition coefficient (Wildman–Crippen LogP) is 4.26. The third-order valence-corrected chi connectivity index (χ3v) is 7.04. The number of halogens is 1. The summed E-state index contributed by atoms with van der Waals surface area (Å²) in [5.74, 6) is -1.76. The summed E-state index contributed by atoms with van der Waals surface area (Å²) in [6.45, 7) is 0. The van der Waals surface area contributed by atoms with Crippen molar-refractivity contribution in [2.45, 2.75) is 11.3 Å². The molecule has 0 saturated heterocycles. The number of rotatable bonds is 6. The molecule has 4 N–H and O–H groups in total. The third-order valence-electron chi connectivity index (χ3n) is 5.48. The number of carboxylic acids is 1. The highest BCUT2D eigenvalue weighted by molar-refractivity contribution is 7.89. The third kappa shape index (κ3) is 4.37. The van der Waals surface area contributed by atoms with Gasteiger partial charge in [-0.15, -0.1) is 16.5 Å². The Hall–Kier alpha value is -3.77. The summed E-state index contributed by atoms with van der Waals surface area (Å²) in [4.78, 5) is 15.8. The fourth-order valence-electron chi connectivity index (χ4n) is 3.82. The van der Waals surface area contributed by atoms with Crippen molar-refractivity contribution >= 4 is 39.4 Å². The van der Waals surface area contributed by atoms with Gasteiger partial charge in [0.05, 0.1) is 11.4 Å². The van der Waals surface area contributed by atoms with Gasteiger partial charge in [-0.2, -0.15) is 9.78 Å². The predicted molar refractivity (Wildman–Crippen MR) is 131 cm³/mol. The zero-order valence-corrected chi connectivity index (χ0v) is 19.5. The van der Waals surface area contributed by atoms with Gasteiger partial charge in [0.15, 0.2) is 10.6 Å². The number of fused-ring (bicyclic) bond motifs is 1. The minimum Gasteiger partial charge on any atom is -0.593 e. The Balaban J connectivity index is 1.68. The van der Waals surface area contributed by atoms with Crippen LogP contribution in [-0.4, -0.2) is 35.5 Å². The van der Waals surface area contributed by atoms with Crippen LogP contribution in [-0.2, 0) is 17.8 Å². The number of carboxylic acid groups (broad SMARTS) is 1. The fraction of sp³-hybridized carbons (Fsp3) is 0.0417. The number of aromatic hydroxyl groups is 1. The van der Waals surface area contributed by atoms with E-state index in [1.54, 1.807) is 42.5 Å². The lowest BCUT2D eigenvalue weighted by Crippen LogP contribution is -2.11. The molecule has 0 aliphatic heterocycles. The Labute approximate surface area is 205 Å². The number of hydrogen-bond donors (Lipinski definition) is 3. The van der Waals surface area contributed by atoms with Gasteiger partial charge < -0.3 is 14.8 Å². The molecule has 2 heterocycles. The van der Waals surface area contributed by atoms with Crippen molar-refractivity contribution in [3.05, 3.63) is 88.7 Å². The van der Waals surface area contributed by atoms with Crippen LogP contribution in [0.4, 0.5) is 4.39 Å². The van der Waals surface area contributed by atoms with E-state index in [0.29, 0.717) is 27.1 Å². The Morgan fingerprint density at radius 2 is 1.94 bits per heavy atom. The van der Waals surface area contributed by atoms with Crippen molar-refractivity contribution in [1.29, 1.82) is 0 Å². The summed E-state index contributed by atoms with van der Waals surface area (Å²) >= 11 is -0.583. The number of nitrogens with two attached hydrogens (primary N) is 1. The molecule has 5 rings (SSSR count). The van der Waals surface area contributed by atoms with E-state index >= 15 is 0 Å². The van der Waals surface area contributed by atoms with Gasteiger partial charge in [0.1, 0.15) is 11.5 Å². The van der Waals surface area contributed by atoms with E-state index in [0.717, 1.165) is 22.3 Å². The first kappa shape index (κ1) is 23.0. The first-order valence-corrected chi connectivity index (χ1v) is 12.3. The highest BCUT2D eigenvalue weighted by Crippen LogP contribution is 2.37. The standard InChI is InChI=1S/C24H17FN4O4S2/c25-15-6-9-17-14(11-15)2-1-3-18(17)21-19(10-13-4-7-16(8-5-13)35(26)33)22(30)29(28-21)24-27-20(12-34-24)23(31)32/h1-9,11-12,30H,10,26H2,(H,31,32).